The number of para-hydroxylation sites is 2. The first kappa shape index (κ1) is 16.2. The maximum Gasteiger partial charge on any atom is 0.259 e. The second kappa shape index (κ2) is 7.27. The third kappa shape index (κ3) is 3.99. The summed E-state index contributed by atoms with van der Waals surface area (Å²) < 4.78 is 1.00. The number of hydrogen-bond acceptors (Lipinski definition) is 4. The Morgan fingerprint density at radius 3 is 2.96 bits per heavy atom. The topological polar surface area (TPSA) is 82.2 Å². The molecule has 0 bridgehead atoms. The van der Waals surface area contributed by atoms with Crippen molar-refractivity contribution in [2.45, 2.75) is 6.92 Å². The maximum atomic E-state index is 11.8. The quantitative estimate of drug-likeness (QED) is 0.465. The van der Waals surface area contributed by atoms with Gasteiger partial charge in [-0.15, -0.1) is 0 Å². The fourth-order valence-corrected chi connectivity index (χ4v) is 2.50. The zero-order valence-electron chi connectivity index (χ0n) is 13.0. The highest BCUT2D eigenvalue weighted by atomic mass is 79.9. The van der Waals surface area contributed by atoms with E-state index in [2.05, 4.69) is 41.7 Å². The number of carbonyl (C=O) groups excluding carboxylic acids is 1. The lowest BCUT2D eigenvalue weighted by Crippen LogP contribution is -2.26. The lowest BCUT2D eigenvalue weighted by atomic mass is 10.2. The number of hydrogen-bond donors (Lipinski definition) is 3. The molecule has 0 aliphatic heterocycles. The van der Waals surface area contributed by atoms with Crippen LogP contribution in [-0.4, -0.2) is 28.6 Å². The van der Waals surface area contributed by atoms with Gasteiger partial charge in [-0.2, -0.15) is 5.10 Å². The Balaban J connectivity index is 1.51. The number of fused-ring (bicyclic) bond motifs is 1. The molecule has 0 spiro atoms. The maximum absolute atomic E-state index is 11.8. The molecule has 0 aliphatic rings. The van der Waals surface area contributed by atoms with Crippen molar-refractivity contribution < 1.29 is 4.79 Å². The molecule has 1 amide bonds. The van der Waals surface area contributed by atoms with Crippen LogP contribution in [0.25, 0.3) is 11.0 Å². The number of rotatable bonds is 5. The van der Waals surface area contributed by atoms with Gasteiger partial charge in [0.25, 0.3) is 5.91 Å². The van der Waals surface area contributed by atoms with Crippen LogP contribution in [0.3, 0.4) is 0 Å². The first-order valence-electron chi connectivity index (χ1n) is 7.38. The Bertz CT molecular complexity index is 870. The molecule has 3 N–H and O–H groups in total. The Kier molecular flexibility index (Phi) is 4.90. The second-order valence-electron chi connectivity index (χ2n) is 5.26. The van der Waals surface area contributed by atoms with E-state index in [1.54, 1.807) is 6.21 Å². The molecule has 0 radical (unpaired) electrons. The first-order valence-corrected chi connectivity index (χ1v) is 8.18. The summed E-state index contributed by atoms with van der Waals surface area (Å²) in [5.74, 6) is 0.302. The number of aromatic nitrogens is 2. The molecule has 1 aromatic heterocycles. The fourth-order valence-electron chi connectivity index (χ4n) is 2.11. The molecule has 24 heavy (non-hydrogen) atoms. The van der Waals surface area contributed by atoms with Crippen molar-refractivity contribution in [3.63, 3.8) is 0 Å². The number of nitrogens with one attached hydrogen (secondary N) is 3. The largest absolute Gasteiger partial charge is 0.347 e. The number of H-pyrrole nitrogens is 1. The summed E-state index contributed by atoms with van der Waals surface area (Å²) in [6.45, 7) is 2.09. The standard InChI is InChI=1S/C17H16BrN5O/c1-11-6-7-12(8-13(11)18)9-20-23-16(24)10-19-17-21-14-4-2-3-5-15(14)22-17/h2-9H,10H2,1H3,(H,23,24)(H2,19,21,22)/b20-9+. The number of benzene rings is 2. The van der Waals surface area contributed by atoms with E-state index >= 15 is 0 Å². The van der Waals surface area contributed by atoms with Crippen LogP contribution >= 0.6 is 15.9 Å². The monoisotopic (exact) mass is 385 g/mol. The van der Waals surface area contributed by atoms with Crippen molar-refractivity contribution in [3.8, 4) is 0 Å². The second-order valence-corrected chi connectivity index (χ2v) is 6.11. The molecule has 6 nitrogen and oxygen atoms in total. The van der Waals surface area contributed by atoms with Gasteiger partial charge in [0, 0.05) is 4.47 Å². The van der Waals surface area contributed by atoms with E-state index in [0.717, 1.165) is 26.6 Å². The Morgan fingerprint density at radius 1 is 1.33 bits per heavy atom. The average molecular weight is 386 g/mol. The number of anilines is 1. The van der Waals surface area contributed by atoms with Crippen LogP contribution in [0.15, 0.2) is 52.0 Å². The lowest BCUT2D eigenvalue weighted by molar-refractivity contribution is -0.119. The van der Waals surface area contributed by atoms with Gasteiger partial charge in [0.1, 0.15) is 0 Å². The van der Waals surface area contributed by atoms with Crippen molar-refractivity contribution in [3.05, 3.63) is 58.1 Å². The molecule has 0 fully saturated rings. The Labute approximate surface area is 147 Å². The molecular weight excluding hydrogens is 370 g/mol. The minimum atomic E-state index is -0.252. The van der Waals surface area contributed by atoms with Gasteiger partial charge in [-0.25, -0.2) is 10.4 Å². The number of amides is 1. The van der Waals surface area contributed by atoms with Gasteiger partial charge in [0.15, 0.2) is 0 Å². The zero-order valence-corrected chi connectivity index (χ0v) is 14.6. The molecule has 122 valence electrons. The van der Waals surface area contributed by atoms with Crippen LogP contribution < -0.4 is 10.7 Å². The van der Waals surface area contributed by atoms with E-state index in [4.69, 9.17) is 0 Å². The minimum Gasteiger partial charge on any atom is -0.347 e. The highest BCUT2D eigenvalue weighted by molar-refractivity contribution is 9.10. The smallest absolute Gasteiger partial charge is 0.259 e. The summed E-state index contributed by atoms with van der Waals surface area (Å²) >= 11 is 3.46. The summed E-state index contributed by atoms with van der Waals surface area (Å²) in [6.07, 6.45) is 1.60. The average Bonchev–Trinajstić information content (AvgIpc) is 2.99. The minimum absolute atomic E-state index is 0.0781. The number of halogens is 1. The first-order chi connectivity index (χ1) is 11.6. The third-order valence-electron chi connectivity index (χ3n) is 3.40. The van der Waals surface area contributed by atoms with Gasteiger partial charge in [-0.05, 0) is 36.2 Å². The SMILES string of the molecule is Cc1ccc(/C=N/NC(=O)CNc2nc3ccccc3[nH]2)cc1Br. The number of imidazole rings is 1. The van der Waals surface area contributed by atoms with Gasteiger partial charge in [-0.1, -0.05) is 40.2 Å². The van der Waals surface area contributed by atoms with Crippen molar-refractivity contribution >= 4 is 45.0 Å². The summed E-state index contributed by atoms with van der Waals surface area (Å²) in [6, 6.07) is 13.5. The van der Waals surface area contributed by atoms with E-state index in [0.29, 0.717) is 5.95 Å². The molecule has 3 rings (SSSR count). The molecule has 0 aliphatic carbocycles. The van der Waals surface area contributed by atoms with Crippen molar-refractivity contribution in [2.75, 3.05) is 11.9 Å². The fraction of sp³-hybridized carbons (Fsp3) is 0.118. The summed E-state index contributed by atoms with van der Waals surface area (Å²) in [4.78, 5) is 19.2. The predicted molar refractivity (Wildman–Crippen MR) is 99.2 cm³/mol. The highest BCUT2D eigenvalue weighted by Crippen LogP contribution is 2.16. The highest BCUT2D eigenvalue weighted by Gasteiger charge is 2.04. The molecule has 0 atom stereocenters. The van der Waals surface area contributed by atoms with Crippen LogP contribution in [0.2, 0.25) is 0 Å². The number of aromatic amines is 1. The number of aryl methyl sites for hydroxylation is 1. The predicted octanol–water partition coefficient (Wildman–Crippen LogP) is 3.20. The number of hydrazone groups is 1. The van der Waals surface area contributed by atoms with Crippen LogP contribution in [0.4, 0.5) is 5.95 Å². The molecule has 1 heterocycles. The van der Waals surface area contributed by atoms with E-state index < -0.39 is 0 Å². The van der Waals surface area contributed by atoms with Crippen LogP contribution in [0.5, 0.6) is 0 Å². The molecular formula is C17H16BrN5O. The number of carbonyl (C=O) groups is 1. The van der Waals surface area contributed by atoms with Gasteiger partial charge >= 0.3 is 0 Å². The normalized spacial score (nSPS) is 11.1. The summed E-state index contributed by atoms with van der Waals surface area (Å²) in [5.41, 5.74) is 6.30. The molecule has 3 aromatic rings. The summed E-state index contributed by atoms with van der Waals surface area (Å²) in [7, 11) is 0. The van der Waals surface area contributed by atoms with E-state index in [-0.39, 0.29) is 12.5 Å². The third-order valence-corrected chi connectivity index (χ3v) is 4.26. The van der Waals surface area contributed by atoms with Crippen molar-refractivity contribution in [1.82, 2.24) is 15.4 Å². The molecule has 0 unspecified atom stereocenters. The van der Waals surface area contributed by atoms with Crippen LogP contribution in [0.1, 0.15) is 11.1 Å². The Morgan fingerprint density at radius 2 is 2.17 bits per heavy atom. The lowest BCUT2D eigenvalue weighted by Gasteiger charge is -2.02. The molecule has 0 saturated heterocycles. The van der Waals surface area contributed by atoms with E-state index in [1.807, 2.05) is 49.4 Å². The summed E-state index contributed by atoms with van der Waals surface area (Å²) in [5, 5.41) is 6.89. The van der Waals surface area contributed by atoms with E-state index in [1.165, 1.54) is 0 Å². The van der Waals surface area contributed by atoms with Crippen LogP contribution in [0, 0.1) is 6.92 Å². The molecule has 7 heteroatoms. The van der Waals surface area contributed by atoms with Crippen LogP contribution in [-0.2, 0) is 4.79 Å². The van der Waals surface area contributed by atoms with Gasteiger partial charge in [0.2, 0.25) is 5.95 Å². The van der Waals surface area contributed by atoms with Crippen molar-refractivity contribution in [1.29, 1.82) is 0 Å². The molecule has 2 aromatic carbocycles. The van der Waals surface area contributed by atoms with E-state index in [9.17, 15) is 4.79 Å². The van der Waals surface area contributed by atoms with Gasteiger partial charge in [0.05, 0.1) is 23.8 Å². The zero-order chi connectivity index (χ0) is 16.9. The Hall–Kier alpha value is -2.67. The molecule has 0 saturated carbocycles. The van der Waals surface area contributed by atoms with Crippen molar-refractivity contribution in [2.24, 2.45) is 5.10 Å². The van der Waals surface area contributed by atoms with Gasteiger partial charge < -0.3 is 10.3 Å². The van der Waals surface area contributed by atoms with Gasteiger partial charge in [-0.3, -0.25) is 4.79 Å². The number of nitrogens with zero attached hydrogens (tertiary/aromatic N) is 2.